The third-order valence-electron chi connectivity index (χ3n) is 5.72. The Morgan fingerprint density at radius 3 is 2.70 bits per heavy atom. The van der Waals surface area contributed by atoms with Crippen LogP contribution in [0.25, 0.3) is 11.3 Å². The average molecular weight is 367 g/mol. The van der Waals surface area contributed by atoms with Crippen molar-refractivity contribution in [3.8, 4) is 11.3 Å². The number of pyridine rings is 1. The lowest BCUT2D eigenvalue weighted by Crippen LogP contribution is -2.33. The molecule has 7 nitrogen and oxygen atoms in total. The van der Waals surface area contributed by atoms with Crippen LogP contribution in [0.2, 0.25) is 0 Å². The second kappa shape index (κ2) is 6.79. The summed E-state index contributed by atoms with van der Waals surface area (Å²) in [5.74, 6) is 1.41. The maximum atomic E-state index is 11.9. The van der Waals surface area contributed by atoms with E-state index in [9.17, 15) is 9.59 Å². The molecule has 7 heteroatoms. The Bertz CT molecular complexity index is 899. The van der Waals surface area contributed by atoms with E-state index in [1.165, 1.54) is 30.0 Å². The summed E-state index contributed by atoms with van der Waals surface area (Å²) in [5, 5.41) is 10.5. The van der Waals surface area contributed by atoms with Gasteiger partial charge in [-0.25, -0.2) is 9.67 Å². The van der Waals surface area contributed by atoms with Gasteiger partial charge in [-0.15, -0.1) is 0 Å². The minimum atomic E-state index is -0.301. The third kappa shape index (κ3) is 3.59. The third-order valence-corrected chi connectivity index (χ3v) is 5.72. The number of hydrogen-bond donors (Lipinski definition) is 2. The lowest BCUT2D eigenvalue weighted by Gasteiger charge is -2.34. The Hall–Kier alpha value is -2.70. The second-order valence-electron chi connectivity index (χ2n) is 8.03. The van der Waals surface area contributed by atoms with Crippen molar-refractivity contribution in [2.45, 2.75) is 45.7 Å². The number of hydrogen-bond acceptors (Lipinski definition) is 5. The molecule has 2 N–H and O–H groups in total. The molecule has 142 valence electrons. The van der Waals surface area contributed by atoms with Crippen LogP contribution in [0.1, 0.15) is 33.1 Å². The van der Waals surface area contributed by atoms with Crippen molar-refractivity contribution < 1.29 is 4.79 Å². The zero-order valence-corrected chi connectivity index (χ0v) is 15.7. The number of carbonyl (C=O) groups is 1. The van der Waals surface area contributed by atoms with E-state index in [1.807, 2.05) is 19.1 Å². The second-order valence-corrected chi connectivity index (χ2v) is 8.03. The summed E-state index contributed by atoms with van der Waals surface area (Å²) in [6.45, 7) is 4.63. The van der Waals surface area contributed by atoms with Gasteiger partial charge < -0.3 is 10.6 Å². The summed E-state index contributed by atoms with van der Waals surface area (Å²) in [5.41, 5.74) is 1.66. The quantitative estimate of drug-likeness (QED) is 0.816. The van der Waals surface area contributed by atoms with E-state index in [0.29, 0.717) is 23.7 Å². The van der Waals surface area contributed by atoms with Gasteiger partial charge in [0, 0.05) is 30.4 Å². The Labute approximate surface area is 158 Å². The fourth-order valence-corrected chi connectivity index (χ4v) is 4.45. The van der Waals surface area contributed by atoms with E-state index in [0.717, 1.165) is 17.3 Å². The summed E-state index contributed by atoms with van der Waals surface area (Å²) in [6, 6.07) is 7.51. The van der Waals surface area contributed by atoms with Crippen molar-refractivity contribution in [2.24, 2.45) is 11.3 Å². The number of anilines is 1. The average Bonchev–Trinajstić information content (AvgIpc) is 3.09. The monoisotopic (exact) mass is 367 g/mol. The van der Waals surface area contributed by atoms with Gasteiger partial charge in [0.05, 0.1) is 5.69 Å². The van der Waals surface area contributed by atoms with Crippen LogP contribution < -0.4 is 16.2 Å². The highest BCUT2D eigenvalue weighted by molar-refractivity contribution is 5.75. The van der Waals surface area contributed by atoms with Gasteiger partial charge in [0.1, 0.15) is 12.4 Å². The van der Waals surface area contributed by atoms with E-state index in [1.54, 1.807) is 12.3 Å². The molecule has 1 amide bonds. The first-order chi connectivity index (χ1) is 13.0. The van der Waals surface area contributed by atoms with Crippen LogP contribution in [0.15, 0.2) is 35.3 Å². The van der Waals surface area contributed by atoms with Gasteiger partial charge in [0.25, 0.3) is 5.56 Å². The van der Waals surface area contributed by atoms with Crippen molar-refractivity contribution in [2.75, 3.05) is 11.9 Å². The van der Waals surface area contributed by atoms with Crippen LogP contribution in [0, 0.1) is 11.3 Å². The van der Waals surface area contributed by atoms with Crippen LogP contribution in [-0.2, 0) is 11.3 Å². The van der Waals surface area contributed by atoms with Crippen molar-refractivity contribution in [1.82, 2.24) is 20.1 Å². The zero-order chi connectivity index (χ0) is 19.0. The van der Waals surface area contributed by atoms with Crippen molar-refractivity contribution in [3.63, 3.8) is 0 Å². The molecule has 5 rings (SSSR count). The number of likely N-dealkylation sites (N-methyl/N-ethyl adjacent to an activating group) is 1. The Kier molecular flexibility index (Phi) is 4.45. The lowest BCUT2D eigenvalue weighted by molar-refractivity contribution is -0.121. The Balaban J connectivity index is 1.47. The highest BCUT2D eigenvalue weighted by atomic mass is 16.2. The summed E-state index contributed by atoms with van der Waals surface area (Å²) in [7, 11) is 0. The predicted molar refractivity (Wildman–Crippen MR) is 103 cm³/mol. The number of rotatable bonds is 6. The first-order valence-corrected chi connectivity index (χ1v) is 9.54. The van der Waals surface area contributed by atoms with Gasteiger partial charge >= 0.3 is 0 Å². The van der Waals surface area contributed by atoms with Crippen LogP contribution in [0.3, 0.4) is 0 Å². The van der Waals surface area contributed by atoms with Crippen molar-refractivity contribution in [3.05, 3.63) is 40.8 Å². The largest absolute Gasteiger partial charge is 0.367 e. The number of carbonyl (C=O) groups excluding carboxylic acids is 1. The molecule has 0 aliphatic heterocycles. The molecule has 2 bridgehead atoms. The molecule has 0 saturated heterocycles. The van der Waals surface area contributed by atoms with E-state index in [2.05, 4.69) is 27.6 Å². The molecular formula is C20H25N5O2. The normalized spacial score (nSPS) is 25.7. The molecule has 3 fully saturated rings. The maximum Gasteiger partial charge on any atom is 0.267 e. The predicted octanol–water partition coefficient (Wildman–Crippen LogP) is 2.04. The van der Waals surface area contributed by atoms with Gasteiger partial charge in [-0.3, -0.25) is 9.59 Å². The highest BCUT2D eigenvalue weighted by Crippen LogP contribution is 2.58. The molecule has 1 unspecified atom stereocenters. The fraction of sp³-hybridized carbons (Fsp3) is 0.500. The van der Waals surface area contributed by atoms with Gasteiger partial charge in [0.2, 0.25) is 5.91 Å². The minimum absolute atomic E-state index is 0.0879. The SMILES string of the molecule is CCNC(=O)Cn1nc(-c2ccc(NC3CC4(C)CC3C4)nc2)ccc1=O. The summed E-state index contributed by atoms with van der Waals surface area (Å²) < 4.78 is 1.18. The zero-order valence-electron chi connectivity index (χ0n) is 15.7. The van der Waals surface area contributed by atoms with Gasteiger partial charge in [-0.1, -0.05) is 6.92 Å². The number of nitrogens with zero attached hydrogens (tertiary/aromatic N) is 3. The molecule has 3 aliphatic rings. The molecule has 3 aliphatic carbocycles. The molecular weight excluding hydrogens is 342 g/mol. The first kappa shape index (κ1) is 17.7. The standard InChI is InChI=1S/C20H25N5O2/c1-3-21-18(26)12-25-19(27)7-5-15(24-25)13-4-6-17(22-11-13)23-16-10-20(2)8-14(16)9-20/h4-7,11,14,16H,3,8-10,12H2,1-2H3,(H,21,26)(H,22,23). The molecule has 0 aromatic carbocycles. The highest BCUT2D eigenvalue weighted by Gasteiger charge is 2.52. The number of aromatic nitrogens is 3. The number of nitrogens with one attached hydrogen (secondary N) is 2. The van der Waals surface area contributed by atoms with Gasteiger partial charge in [0.15, 0.2) is 0 Å². The smallest absolute Gasteiger partial charge is 0.267 e. The maximum absolute atomic E-state index is 11.9. The summed E-state index contributed by atoms with van der Waals surface area (Å²) in [6.07, 6.45) is 5.61. The minimum Gasteiger partial charge on any atom is -0.367 e. The first-order valence-electron chi connectivity index (χ1n) is 9.54. The lowest BCUT2D eigenvalue weighted by atomic mass is 9.71. The molecule has 2 heterocycles. The van der Waals surface area contributed by atoms with E-state index < -0.39 is 0 Å². The Morgan fingerprint density at radius 2 is 2.07 bits per heavy atom. The molecule has 2 aromatic rings. The van der Waals surface area contributed by atoms with E-state index in [4.69, 9.17) is 0 Å². The van der Waals surface area contributed by atoms with Gasteiger partial charge in [-0.05, 0) is 55.7 Å². The fourth-order valence-electron chi connectivity index (χ4n) is 4.45. The van der Waals surface area contributed by atoms with Crippen molar-refractivity contribution in [1.29, 1.82) is 0 Å². The van der Waals surface area contributed by atoms with Crippen LogP contribution in [0.4, 0.5) is 5.82 Å². The molecule has 3 saturated carbocycles. The summed E-state index contributed by atoms with van der Waals surface area (Å²) >= 11 is 0. The molecule has 2 aromatic heterocycles. The van der Waals surface area contributed by atoms with Crippen molar-refractivity contribution >= 4 is 11.7 Å². The molecule has 0 spiro atoms. The van der Waals surface area contributed by atoms with Crippen LogP contribution in [0.5, 0.6) is 0 Å². The van der Waals surface area contributed by atoms with E-state index >= 15 is 0 Å². The van der Waals surface area contributed by atoms with Crippen LogP contribution in [-0.4, -0.2) is 33.3 Å². The molecule has 1 atom stereocenters. The van der Waals surface area contributed by atoms with E-state index in [-0.39, 0.29) is 18.0 Å². The number of fused-ring (bicyclic) bond motifs is 1. The number of amides is 1. The Morgan fingerprint density at radius 1 is 1.26 bits per heavy atom. The molecule has 27 heavy (non-hydrogen) atoms. The summed E-state index contributed by atoms with van der Waals surface area (Å²) in [4.78, 5) is 28.2. The van der Waals surface area contributed by atoms with Crippen LogP contribution >= 0.6 is 0 Å². The molecule has 0 radical (unpaired) electrons. The topological polar surface area (TPSA) is 88.9 Å². The van der Waals surface area contributed by atoms with Gasteiger partial charge in [-0.2, -0.15) is 5.10 Å².